The molecule has 1 amide bonds. The molecular weight excluding hydrogens is 396 g/mol. The van der Waals surface area contributed by atoms with Crippen LogP contribution in [0.2, 0.25) is 0 Å². The van der Waals surface area contributed by atoms with Gasteiger partial charge in [-0.15, -0.1) is 0 Å². The van der Waals surface area contributed by atoms with Crippen LogP contribution in [0.5, 0.6) is 5.75 Å². The first-order valence-corrected chi connectivity index (χ1v) is 11.5. The number of carbonyl (C=O) groups is 1. The molecule has 4 nitrogen and oxygen atoms in total. The van der Waals surface area contributed by atoms with E-state index in [1.807, 2.05) is 49.4 Å². The second-order valence-corrected chi connectivity index (χ2v) is 8.10. The van der Waals surface area contributed by atoms with Crippen LogP contribution in [0.15, 0.2) is 66.7 Å². The zero-order valence-corrected chi connectivity index (χ0v) is 19.4. The van der Waals surface area contributed by atoms with E-state index in [1.54, 1.807) is 6.08 Å². The smallest absolute Gasteiger partial charge is 0.248 e. The quantitative estimate of drug-likeness (QED) is 0.363. The predicted octanol–water partition coefficient (Wildman–Crippen LogP) is 6.30. The van der Waals surface area contributed by atoms with Crippen LogP contribution < -0.4 is 10.1 Å². The van der Waals surface area contributed by atoms with Crippen LogP contribution in [-0.2, 0) is 4.79 Å². The highest BCUT2D eigenvalue weighted by molar-refractivity contribution is 6.02. The van der Waals surface area contributed by atoms with Gasteiger partial charge in [-0.3, -0.25) is 9.69 Å². The second-order valence-electron chi connectivity index (χ2n) is 8.10. The first-order chi connectivity index (χ1) is 15.6. The Morgan fingerprint density at radius 2 is 1.69 bits per heavy atom. The minimum atomic E-state index is -0.162. The molecule has 0 bridgehead atoms. The van der Waals surface area contributed by atoms with Gasteiger partial charge in [0, 0.05) is 24.4 Å². The summed E-state index contributed by atoms with van der Waals surface area (Å²) in [6, 6.07) is 20.2. The molecule has 3 rings (SSSR count). The number of amides is 1. The molecule has 0 atom stereocenters. The maximum atomic E-state index is 12.4. The molecule has 0 radical (unpaired) electrons. The molecule has 168 valence electrons. The molecule has 32 heavy (non-hydrogen) atoms. The third kappa shape index (κ3) is 6.96. The van der Waals surface area contributed by atoms with Gasteiger partial charge in [-0.2, -0.15) is 0 Å². The van der Waals surface area contributed by atoms with E-state index in [4.69, 9.17) is 4.74 Å². The molecule has 0 heterocycles. The van der Waals surface area contributed by atoms with Gasteiger partial charge in [0.25, 0.3) is 0 Å². The molecule has 0 unspecified atom stereocenters. The molecule has 3 aromatic carbocycles. The van der Waals surface area contributed by atoms with Crippen molar-refractivity contribution in [2.45, 2.75) is 33.6 Å². The second kappa shape index (κ2) is 12.1. The largest absolute Gasteiger partial charge is 0.492 e. The van der Waals surface area contributed by atoms with Crippen molar-refractivity contribution in [1.29, 1.82) is 0 Å². The number of nitrogens with one attached hydrogen (secondary N) is 1. The highest BCUT2D eigenvalue weighted by Gasteiger charge is 2.07. The highest BCUT2D eigenvalue weighted by Crippen LogP contribution is 2.23. The number of aryl methyl sites for hydroxylation is 1. The van der Waals surface area contributed by atoms with Crippen molar-refractivity contribution in [3.05, 3.63) is 77.9 Å². The standard InChI is InChI=1S/C28H34N2O2/c1-4-16-30(17-5-2)18-19-32-27-21-26(14-10-22(27)3)29-28(31)15-12-23-11-13-24-8-6-7-9-25(24)20-23/h6-15,20-21H,4-5,16-19H2,1-3H3,(H,29,31). The fourth-order valence-electron chi connectivity index (χ4n) is 3.75. The Bertz CT molecular complexity index is 1050. The fourth-order valence-corrected chi connectivity index (χ4v) is 3.75. The monoisotopic (exact) mass is 430 g/mol. The van der Waals surface area contributed by atoms with E-state index in [-0.39, 0.29) is 5.91 Å². The lowest BCUT2D eigenvalue weighted by Crippen LogP contribution is -2.30. The van der Waals surface area contributed by atoms with Crippen molar-refractivity contribution in [2.75, 3.05) is 31.6 Å². The van der Waals surface area contributed by atoms with E-state index in [0.717, 1.165) is 60.4 Å². The third-order valence-electron chi connectivity index (χ3n) is 5.40. The van der Waals surface area contributed by atoms with Gasteiger partial charge in [0.05, 0.1) is 0 Å². The molecule has 0 spiro atoms. The molecule has 4 heteroatoms. The van der Waals surface area contributed by atoms with Crippen LogP contribution in [0, 0.1) is 6.92 Å². The average Bonchev–Trinajstić information content (AvgIpc) is 2.80. The molecule has 0 aliphatic carbocycles. The summed E-state index contributed by atoms with van der Waals surface area (Å²) < 4.78 is 6.04. The minimum Gasteiger partial charge on any atom is -0.492 e. The Labute approximate surface area is 191 Å². The molecule has 0 saturated heterocycles. The molecule has 0 aromatic heterocycles. The number of rotatable bonds is 11. The number of nitrogens with zero attached hydrogens (tertiary/aromatic N) is 1. The summed E-state index contributed by atoms with van der Waals surface area (Å²) in [5.74, 6) is 0.652. The number of ether oxygens (including phenoxy) is 1. The zero-order chi connectivity index (χ0) is 22.8. The van der Waals surface area contributed by atoms with Gasteiger partial charge in [-0.05, 0) is 73.0 Å². The Morgan fingerprint density at radius 1 is 0.938 bits per heavy atom. The van der Waals surface area contributed by atoms with E-state index < -0.39 is 0 Å². The first-order valence-electron chi connectivity index (χ1n) is 11.5. The van der Waals surface area contributed by atoms with Crippen LogP contribution in [0.3, 0.4) is 0 Å². The SMILES string of the molecule is CCCN(CCC)CCOc1cc(NC(=O)C=Cc2ccc3ccccc3c2)ccc1C. The maximum absolute atomic E-state index is 12.4. The van der Waals surface area contributed by atoms with E-state index in [1.165, 1.54) is 5.39 Å². The van der Waals surface area contributed by atoms with Crippen molar-refractivity contribution >= 4 is 28.4 Å². The lowest BCUT2D eigenvalue weighted by atomic mass is 10.1. The Morgan fingerprint density at radius 3 is 2.44 bits per heavy atom. The zero-order valence-electron chi connectivity index (χ0n) is 19.4. The van der Waals surface area contributed by atoms with E-state index >= 15 is 0 Å². The first kappa shape index (κ1) is 23.6. The lowest BCUT2D eigenvalue weighted by Gasteiger charge is -2.21. The van der Waals surface area contributed by atoms with E-state index in [0.29, 0.717) is 6.61 Å². The Balaban J connectivity index is 1.58. The Hall–Kier alpha value is -3.11. The summed E-state index contributed by atoms with van der Waals surface area (Å²) in [4.78, 5) is 14.9. The van der Waals surface area contributed by atoms with Crippen molar-refractivity contribution in [3.8, 4) is 5.75 Å². The molecule has 0 aliphatic heterocycles. The van der Waals surface area contributed by atoms with Gasteiger partial charge in [0.1, 0.15) is 12.4 Å². The molecule has 3 aromatic rings. The predicted molar refractivity (Wildman–Crippen MR) is 135 cm³/mol. The molecule has 0 saturated carbocycles. The van der Waals surface area contributed by atoms with Crippen LogP contribution in [0.1, 0.15) is 37.8 Å². The number of hydrogen-bond acceptors (Lipinski definition) is 3. The number of hydrogen-bond donors (Lipinski definition) is 1. The summed E-state index contributed by atoms with van der Waals surface area (Å²) in [6.45, 7) is 10.2. The van der Waals surface area contributed by atoms with Crippen molar-refractivity contribution in [2.24, 2.45) is 0 Å². The number of benzene rings is 3. The fraction of sp³-hybridized carbons (Fsp3) is 0.321. The normalized spacial score (nSPS) is 11.4. The summed E-state index contributed by atoms with van der Waals surface area (Å²) >= 11 is 0. The lowest BCUT2D eigenvalue weighted by molar-refractivity contribution is -0.111. The average molecular weight is 431 g/mol. The van der Waals surface area contributed by atoms with Gasteiger partial charge in [0.2, 0.25) is 5.91 Å². The van der Waals surface area contributed by atoms with Crippen LogP contribution in [0.4, 0.5) is 5.69 Å². The third-order valence-corrected chi connectivity index (χ3v) is 5.40. The van der Waals surface area contributed by atoms with Crippen molar-refractivity contribution in [1.82, 2.24) is 4.90 Å². The van der Waals surface area contributed by atoms with Crippen LogP contribution in [-0.4, -0.2) is 37.0 Å². The van der Waals surface area contributed by atoms with Crippen molar-refractivity contribution < 1.29 is 9.53 Å². The van der Waals surface area contributed by atoms with Gasteiger partial charge in [0.15, 0.2) is 0 Å². The Kier molecular flexibility index (Phi) is 8.88. The molecule has 1 N–H and O–H groups in total. The minimum absolute atomic E-state index is 0.162. The van der Waals surface area contributed by atoms with Gasteiger partial charge >= 0.3 is 0 Å². The number of carbonyl (C=O) groups excluding carboxylic acids is 1. The van der Waals surface area contributed by atoms with Gasteiger partial charge < -0.3 is 10.1 Å². The number of fused-ring (bicyclic) bond motifs is 1. The summed E-state index contributed by atoms with van der Waals surface area (Å²) in [7, 11) is 0. The van der Waals surface area contributed by atoms with Crippen LogP contribution in [0.25, 0.3) is 16.8 Å². The maximum Gasteiger partial charge on any atom is 0.248 e. The highest BCUT2D eigenvalue weighted by atomic mass is 16.5. The summed E-state index contributed by atoms with van der Waals surface area (Å²) in [5.41, 5.74) is 2.79. The van der Waals surface area contributed by atoms with E-state index in [2.05, 4.69) is 48.3 Å². The summed E-state index contributed by atoms with van der Waals surface area (Å²) in [5, 5.41) is 5.29. The van der Waals surface area contributed by atoms with Gasteiger partial charge in [-0.1, -0.05) is 56.3 Å². The summed E-state index contributed by atoms with van der Waals surface area (Å²) in [6.07, 6.45) is 5.70. The number of anilines is 1. The van der Waals surface area contributed by atoms with Crippen molar-refractivity contribution in [3.63, 3.8) is 0 Å². The van der Waals surface area contributed by atoms with Gasteiger partial charge in [-0.25, -0.2) is 0 Å². The molecule has 0 aliphatic rings. The van der Waals surface area contributed by atoms with Crippen LogP contribution >= 0.6 is 0 Å². The topological polar surface area (TPSA) is 41.6 Å². The van der Waals surface area contributed by atoms with E-state index in [9.17, 15) is 4.79 Å². The molecular formula is C28H34N2O2. The molecule has 0 fully saturated rings.